The van der Waals surface area contributed by atoms with Crippen LogP contribution in [-0.2, 0) is 4.74 Å². The van der Waals surface area contributed by atoms with Crippen molar-refractivity contribution in [2.75, 3.05) is 6.54 Å². The highest BCUT2D eigenvalue weighted by Crippen LogP contribution is 2.40. The second kappa shape index (κ2) is 13.3. The lowest BCUT2D eigenvalue weighted by molar-refractivity contribution is 0.0527. The van der Waals surface area contributed by atoms with Gasteiger partial charge in [0.25, 0.3) is 8.32 Å². The van der Waals surface area contributed by atoms with E-state index < -0.39 is 25.0 Å². The minimum absolute atomic E-state index is 0.117. The predicted octanol–water partition coefficient (Wildman–Crippen LogP) is 5.86. The minimum atomic E-state index is -3.11. The minimum Gasteiger partial charge on any atom is -0.490 e. The number of para-hydroxylation sites is 1. The number of nitrogens with one attached hydrogen (secondary N) is 1. The molecule has 6 nitrogen and oxygen atoms in total. The summed E-state index contributed by atoms with van der Waals surface area (Å²) in [5, 5.41) is 4.21. The first-order chi connectivity index (χ1) is 18.8. The molecular formula is C33H43NO5Si. The Bertz CT molecular complexity index is 1220. The largest absolute Gasteiger partial charge is 0.490 e. The zero-order chi connectivity index (χ0) is 29.4. The van der Waals surface area contributed by atoms with Crippen LogP contribution in [0.2, 0.25) is 5.04 Å². The van der Waals surface area contributed by atoms with Crippen molar-refractivity contribution >= 4 is 30.6 Å². The molecule has 0 saturated carbocycles. The van der Waals surface area contributed by atoms with E-state index in [1.807, 2.05) is 73.7 Å². The Hall–Kier alpha value is -3.42. The monoisotopic (exact) mass is 561 g/mol. The van der Waals surface area contributed by atoms with Gasteiger partial charge in [-0.15, -0.1) is 0 Å². The summed E-state index contributed by atoms with van der Waals surface area (Å²) >= 11 is 0. The molecule has 3 aromatic carbocycles. The third-order valence-electron chi connectivity index (χ3n) is 7.07. The molecule has 0 spiro atoms. The van der Waals surface area contributed by atoms with Gasteiger partial charge in [0.1, 0.15) is 11.4 Å². The molecule has 7 heteroatoms. The summed E-state index contributed by atoms with van der Waals surface area (Å²) in [5.41, 5.74) is -0.112. The van der Waals surface area contributed by atoms with Crippen molar-refractivity contribution in [2.45, 2.75) is 77.5 Å². The maximum absolute atomic E-state index is 13.0. The summed E-state index contributed by atoms with van der Waals surface area (Å²) in [5.74, 6) is 0.405. The van der Waals surface area contributed by atoms with Crippen LogP contribution in [-0.4, -0.2) is 43.2 Å². The van der Waals surface area contributed by atoms with Gasteiger partial charge in [-0.1, -0.05) is 86.6 Å². The highest BCUT2D eigenvalue weighted by Gasteiger charge is 2.49. The molecule has 1 atom stereocenters. The van der Waals surface area contributed by atoms with E-state index in [0.717, 1.165) is 16.8 Å². The van der Waals surface area contributed by atoms with Crippen LogP contribution < -0.4 is 20.4 Å². The first-order valence-electron chi connectivity index (χ1n) is 13.9. The molecule has 3 rings (SSSR count). The molecule has 0 heterocycles. The molecule has 0 bridgehead atoms. The van der Waals surface area contributed by atoms with Crippen LogP contribution in [0.3, 0.4) is 0 Å². The lowest BCUT2D eigenvalue weighted by Gasteiger charge is -2.41. The molecule has 0 saturated heterocycles. The highest BCUT2D eigenvalue weighted by atomic mass is 28.4. The fourth-order valence-corrected chi connectivity index (χ4v) is 8.61. The molecule has 3 aromatic rings. The molecule has 0 aliphatic heterocycles. The number of Topliss-reactive ketones (excluding diaryl/α,β-unsaturated/α-hetero) is 1. The summed E-state index contributed by atoms with van der Waals surface area (Å²) in [6.45, 7) is 11.8. The summed E-state index contributed by atoms with van der Waals surface area (Å²) in [4.78, 5) is 37.3. The van der Waals surface area contributed by atoms with Gasteiger partial charge in [0, 0.05) is 13.0 Å². The number of hydrogen-bond donors (Lipinski definition) is 2. The van der Waals surface area contributed by atoms with Gasteiger partial charge in [0.05, 0.1) is 11.7 Å². The van der Waals surface area contributed by atoms with Gasteiger partial charge in [-0.2, -0.15) is 0 Å². The van der Waals surface area contributed by atoms with Crippen molar-refractivity contribution in [1.29, 1.82) is 0 Å². The van der Waals surface area contributed by atoms with E-state index >= 15 is 0 Å². The average Bonchev–Trinajstić information content (AvgIpc) is 2.91. The predicted molar refractivity (Wildman–Crippen MR) is 163 cm³/mol. The van der Waals surface area contributed by atoms with Gasteiger partial charge < -0.3 is 19.6 Å². The maximum Gasteiger partial charge on any atom is 0.407 e. The van der Waals surface area contributed by atoms with Gasteiger partial charge in [-0.05, 0) is 68.1 Å². The van der Waals surface area contributed by atoms with Gasteiger partial charge in [0.15, 0.2) is 5.78 Å². The van der Waals surface area contributed by atoms with Crippen LogP contribution in [0, 0.1) is 0 Å². The Kier molecular flexibility index (Phi) is 10.3. The van der Waals surface area contributed by atoms with E-state index in [1.54, 1.807) is 39.0 Å². The molecule has 0 aromatic heterocycles. The van der Waals surface area contributed by atoms with Gasteiger partial charge >= 0.3 is 6.09 Å². The molecule has 0 radical (unpaired) electrons. The quantitative estimate of drug-likeness (QED) is 0.214. The van der Waals surface area contributed by atoms with E-state index in [0.29, 0.717) is 17.7 Å². The van der Waals surface area contributed by atoms with Crippen molar-refractivity contribution in [3.05, 3.63) is 90.5 Å². The van der Waals surface area contributed by atoms with Crippen molar-refractivity contribution in [1.82, 2.24) is 5.32 Å². The number of ether oxygens (including phenoxy) is 2. The number of carbonyl (C=O) groups excluding carboxylic acids is 2. The molecule has 0 aliphatic rings. The van der Waals surface area contributed by atoms with Gasteiger partial charge in [-0.3, -0.25) is 4.79 Å². The van der Waals surface area contributed by atoms with Gasteiger partial charge in [0.2, 0.25) is 0 Å². The molecule has 0 aliphatic carbocycles. The Morgan fingerprint density at radius 2 is 1.38 bits per heavy atom. The number of rotatable bonds is 12. The third-order valence-corrected chi connectivity index (χ3v) is 11.6. The zero-order valence-corrected chi connectivity index (χ0v) is 25.6. The lowest BCUT2D eigenvalue weighted by atomic mass is 10.0. The third kappa shape index (κ3) is 8.05. The Balaban J connectivity index is 1.67. The first-order valence-corrected chi connectivity index (χ1v) is 15.9. The Morgan fingerprint density at radius 1 is 0.850 bits per heavy atom. The van der Waals surface area contributed by atoms with Gasteiger partial charge in [-0.25, -0.2) is 4.79 Å². The van der Waals surface area contributed by atoms with E-state index in [2.05, 4.69) is 19.2 Å². The molecule has 1 amide bonds. The second-order valence-corrected chi connectivity index (χ2v) is 15.8. The molecule has 214 valence electrons. The number of ketones is 1. The van der Waals surface area contributed by atoms with E-state index in [4.69, 9.17) is 9.47 Å². The first kappa shape index (κ1) is 31.1. The normalized spacial score (nSPS) is 12.9. The van der Waals surface area contributed by atoms with Crippen molar-refractivity contribution < 1.29 is 23.9 Å². The van der Waals surface area contributed by atoms with E-state index in [9.17, 15) is 14.4 Å². The standard InChI is InChI=1S/C33H43NO5Si/c1-25(38-30-20-14-13-19-28(30)29(35)22-24-34-31(36)39-32(2,3)4)21-23-33(5,6)40(37,26-15-9-7-10-16-26)27-17-11-8-12-18-27/h7-20,25,37H,21-24H2,1-6H3,(H,34,36)/t25-/m1/s1. The second-order valence-electron chi connectivity index (χ2n) is 11.9. The summed E-state index contributed by atoms with van der Waals surface area (Å²) in [6, 6.07) is 27.2. The number of carbonyl (C=O) groups is 2. The average molecular weight is 562 g/mol. The van der Waals surface area contributed by atoms with Crippen molar-refractivity contribution in [3.8, 4) is 5.75 Å². The fraction of sp³-hybridized carbons (Fsp3) is 0.394. The number of alkyl carbamates (subject to hydrolysis) is 1. The summed E-state index contributed by atoms with van der Waals surface area (Å²) < 4.78 is 11.5. The van der Waals surface area contributed by atoms with Crippen LogP contribution >= 0.6 is 0 Å². The lowest BCUT2D eigenvalue weighted by Crippen LogP contribution is -2.65. The number of benzene rings is 3. The number of hydrogen-bond acceptors (Lipinski definition) is 5. The fourth-order valence-electron chi connectivity index (χ4n) is 4.85. The van der Waals surface area contributed by atoms with E-state index in [-0.39, 0.29) is 24.9 Å². The summed E-state index contributed by atoms with van der Waals surface area (Å²) in [6.07, 6.45) is 0.836. The molecule has 0 fully saturated rings. The topological polar surface area (TPSA) is 84.9 Å². The van der Waals surface area contributed by atoms with Crippen molar-refractivity contribution in [2.24, 2.45) is 0 Å². The SMILES string of the molecule is C[C@H](CCC(C)(C)[Si](O)(c1ccccc1)c1ccccc1)Oc1ccccc1C(=O)CCNC(=O)OC(C)(C)C. The molecule has 40 heavy (non-hydrogen) atoms. The molecule has 2 N–H and O–H groups in total. The highest BCUT2D eigenvalue weighted by molar-refractivity contribution is 6.98. The van der Waals surface area contributed by atoms with Crippen LogP contribution in [0.1, 0.15) is 71.2 Å². The van der Waals surface area contributed by atoms with Crippen LogP contribution in [0.15, 0.2) is 84.9 Å². The van der Waals surface area contributed by atoms with E-state index in [1.165, 1.54) is 0 Å². The smallest absolute Gasteiger partial charge is 0.407 e. The van der Waals surface area contributed by atoms with Crippen molar-refractivity contribution in [3.63, 3.8) is 0 Å². The Morgan fingerprint density at radius 3 is 1.93 bits per heavy atom. The van der Waals surface area contributed by atoms with Crippen LogP contribution in [0.4, 0.5) is 4.79 Å². The molecule has 0 unspecified atom stereocenters. The zero-order valence-electron chi connectivity index (χ0n) is 24.6. The van der Waals surface area contributed by atoms with Crippen LogP contribution in [0.25, 0.3) is 0 Å². The summed E-state index contributed by atoms with van der Waals surface area (Å²) in [7, 11) is -3.11. The molecular weight excluding hydrogens is 518 g/mol. The maximum atomic E-state index is 13.0. The van der Waals surface area contributed by atoms with Crippen LogP contribution in [0.5, 0.6) is 5.75 Å². The Labute approximate surface area is 239 Å². The number of amides is 1.